The van der Waals surface area contributed by atoms with E-state index in [0.717, 1.165) is 63.6 Å². The number of likely N-dealkylation sites (tertiary alicyclic amines) is 2. The molecule has 2 saturated heterocycles. The number of carbonyl (C=O) groups excluding carboxylic acids is 1. The second-order valence-corrected chi connectivity index (χ2v) is 8.26. The largest absolute Gasteiger partial charge is 0.385 e. The fraction of sp³-hybridized carbons (Fsp3) is 0.962. The van der Waals surface area contributed by atoms with E-state index < -0.39 is 0 Å². The second-order valence-electron chi connectivity index (χ2n) is 8.26. The Labute approximate surface area is 189 Å². The van der Waals surface area contributed by atoms with Crippen molar-refractivity contribution >= 4 is 5.91 Å². The number of nitrogens with zero attached hydrogens (tertiary/aromatic N) is 2. The highest BCUT2D eigenvalue weighted by atomic mass is 16.5. The first kappa shape index (κ1) is 29.4. The van der Waals surface area contributed by atoms with E-state index in [0.29, 0.717) is 17.9 Å². The molecular formula is C26H54N2O2. The zero-order valence-corrected chi connectivity index (χ0v) is 21.7. The molecule has 0 N–H and O–H groups in total. The van der Waals surface area contributed by atoms with Crippen molar-refractivity contribution in [2.24, 2.45) is 17.8 Å². The average molecular weight is 427 g/mol. The molecule has 0 atom stereocenters. The highest BCUT2D eigenvalue weighted by Crippen LogP contribution is 2.36. The lowest BCUT2D eigenvalue weighted by Gasteiger charge is -2.46. The Morgan fingerprint density at radius 1 is 0.833 bits per heavy atom. The van der Waals surface area contributed by atoms with Crippen LogP contribution < -0.4 is 0 Å². The third-order valence-electron chi connectivity index (χ3n) is 6.86. The molecule has 3 fully saturated rings. The van der Waals surface area contributed by atoms with Crippen LogP contribution >= 0.6 is 0 Å². The van der Waals surface area contributed by atoms with E-state index in [1.54, 1.807) is 7.11 Å². The molecule has 4 heteroatoms. The summed E-state index contributed by atoms with van der Waals surface area (Å²) in [5, 5.41) is 0. The maximum atomic E-state index is 12.7. The van der Waals surface area contributed by atoms with E-state index in [9.17, 15) is 4.79 Å². The van der Waals surface area contributed by atoms with Gasteiger partial charge < -0.3 is 14.5 Å². The van der Waals surface area contributed by atoms with Gasteiger partial charge in [0.1, 0.15) is 0 Å². The minimum Gasteiger partial charge on any atom is -0.385 e. The molecule has 4 nitrogen and oxygen atoms in total. The van der Waals surface area contributed by atoms with Crippen molar-refractivity contribution in [3.8, 4) is 0 Å². The molecule has 1 saturated carbocycles. The van der Waals surface area contributed by atoms with Gasteiger partial charge in [0.05, 0.1) is 0 Å². The van der Waals surface area contributed by atoms with Gasteiger partial charge in [-0.15, -0.1) is 0 Å². The predicted molar refractivity (Wildman–Crippen MR) is 131 cm³/mol. The summed E-state index contributed by atoms with van der Waals surface area (Å²) in [6.45, 7) is 19.6. The van der Waals surface area contributed by atoms with Gasteiger partial charge in [0.2, 0.25) is 5.91 Å². The Balaban J connectivity index is 0.00000129. The van der Waals surface area contributed by atoms with Crippen LogP contribution in [0.1, 0.15) is 99.8 Å². The van der Waals surface area contributed by atoms with Crippen LogP contribution in [0.25, 0.3) is 0 Å². The molecule has 0 radical (unpaired) electrons. The summed E-state index contributed by atoms with van der Waals surface area (Å²) >= 11 is 0. The zero-order chi connectivity index (χ0) is 22.9. The number of ether oxygens (including phenoxy) is 1. The maximum Gasteiger partial charge on any atom is 0.225 e. The Hall–Kier alpha value is -0.610. The van der Waals surface area contributed by atoms with Crippen LogP contribution in [0.3, 0.4) is 0 Å². The summed E-state index contributed by atoms with van der Waals surface area (Å²) in [6.07, 6.45) is 9.75. The van der Waals surface area contributed by atoms with Crippen molar-refractivity contribution in [3.63, 3.8) is 0 Å². The van der Waals surface area contributed by atoms with E-state index in [1.807, 2.05) is 41.5 Å². The predicted octanol–water partition coefficient (Wildman–Crippen LogP) is 6.24. The molecule has 30 heavy (non-hydrogen) atoms. The summed E-state index contributed by atoms with van der Waals surface area (Å²) in [7, 11) is 1.77. The van der Waals surface area contributed by atoms with Crippen LogP contribution in [-0.2, 0) is 9.53 Å². The summed E-state index contributed by atoms with van der Waals surface area (Å²) in [6, 6.07) is 0.691. The van der Waals surface area contributed by atoms with Gasteiger partial charge in [0, 0.05) is 38.8 Å². The van der Waals surface area contributed by atoms with Gasteiger partial charge in [0.25, 0.3) is 0 Å². The first-order valence-corrected chi connectivity index (χ1v) is 13.2. The van der Waals surface area contributed by atoms with E-state index in [2.05, 4.69) is 16.7 Å². The van der Waals surface area contributed by atoms with E-state index in [1.165, 1.54) is 32.4 Å². The lowest BCUT2D eigenvalue weighted by Crippen LogP contribution is -2.53. The maximum absolute atomic E-state index is 12.7. The lowest BCUT2D eigenvalue weighted by atomic mass is 9.77. The standard InChI is InChI=1S/C20H36N2O2.3C2H6/c1-3-16-4-9-21(10-5-16)19-14-18(15-19)20(23)22-11-6-17(7-12-22)8-13-24-2;3*1-2/h16-19H,3-15H2,1-2H3;3*1-2H3. The van der Waals surface area contributed by atoms with Crippen LogP contribution in [0.15, 0.2) is 0 Å². The molecule has 0 aromatic carbocycles. The Morgan fingerprint density at radius 3 is 1.80 bits per heavy atom. The minimum absolute atomic E-state index is 0.314. The molecule has 0 spiro atoms. The number of carbonyl (C=O) groups is 1. The summed E-state index contributed by atoms with van der Waals surface area (Å²) in [5.74, 6) is 2.45. The second kappa shape index (κ2) is 18.0. The molecule has 2 heterocycles. The molecular weight excluding hydrogens is 372 g/mol. The molecule has 1 aliphatic carbocycles. The SMILES string of the molecule is CC.CC.CC.CCC1CCN(C2CC(C(=O)N3CCC(CCOC)CC3)C2)CC1. The van der Waals surface area contributed by atoms with Crippen molar-refractivity contribution in [2.75, 3.05) is 39.9 Å². The molecule has 1 amide bonds. The minimum atomic E-state index is 0.314. The molecule has 0 aromatic rings. The van der Waals surface area contributed by atoms with Gasteiger partial charge in [-0.1, -0.05) is 54.9 Å². The molecule has 3 aliphatic rings. The van der Waals surface area contributed by atoms with Crippen molar-refractivity contribution in [3.05, 3.63) is 0 Å². The fourth-order valence-electron chi connectivity index (χ4n) is 4.80. The van der Waals surface area contributed by atoms with Crippen LogP contribution in [0.2, 0.25) is 0 Å². The van der Waals surface area contributed by atoms with Crippen LogP contribution in [0.5, 0.6) is 0 Å². The number of hydrogen-bond donors (Lipinski definition) is 0. The molecule has 0 bridgehead atoms. The van der Waals surface area contributed by atoms with E-state index in [-0.39, 0.29) is 0 Å². The summed E-state index contributed by atoms with van der Waals surface area (Å²) < 4.78 is 5.18. The normalized spacial score (nSPS) is 24.9. The quantitative estimate of drug-likeness (QED) is 0.504. The van der Waals surface area contributed by atoms with E-state index in [4.69, 9.17) is 4.74 Å². The highest BCUT2D eigenvalue weighted by molar-refractivity contribution is 5.80. The third kappa shape index (κ3) is 9.26. The Morgan fingerprint density at radius 2 is 1.33 bits per heavy atom. The van der Waals surface area contributed by atoms with Gasteiger partial charge in [-0.05, 0) is 69.9 Å². The van der Waals surface area contributed by atoms with Crippen molar-refractivity contribution < 1.29 is 9.53 Å². The van der Waals surface area contributed by atoms with Crippen molar-refractivity contribution in [2.45, 2.75) is 106 Å². The first-order chi connectivity index (χ1) is 14.7. The Bertz CT molecular complexity index is 394. The number of amides is 1. The lowest BCUT2D eigenvalue weighted by molar-refractivity contribution is -0.142. The van der Waals surface area contributed by atoms with Crippen LogP contribution in [0.4, 0.5) is 0 Å². The molecule has 2 aliphatic heterocycles. The molecule has 0 unspecified atom stereocenters. The van der Waals surface area contributed by atoms with Crippen LogP contribution in [-0.4, -0.2) is 61.6 Å². The first-order valence-electron chi connectivity index (χ1n) is 13.2. The number of methoxy groups -OCH3 is 1. The average Bonchev–Trinajstić information content (AvgIpc) is 2.81. The van der Waals surface area contributed by atoms with Crippen molar-refractivity contribution in [1.29, 1.82) is 0 Å². The topological polar surface area (TPSA) is 32.8 Å². The zero-order valence-electron chi connectivity index (χ0n) is 21.7. The third-order valence-corrected chi connectivity index (χ3v) is 6.86. The Kier molecular flexibility index (Phi) is 17.6. The molecule has 3 rings (SSSR count). The molecule has 180 valence electrons. The van der Waals surface area contributed by atoms with Gasteiger partial charge in [-0.25, -0.2) is 0 Å². The van der Waals surface area contributed by atoms with Gasteiger partial charge in [-0.3, -0.25) is 4.79 Å². The smallest absolute Gasteiger partial charge is 0.225 e. The monoisotopic (exact) mass is 426 g/mol. The van der Waals surface area contributed by atoms with Crippen LogP contribution in [0, 0.1) is 17.8 Å². The number of hydrogen-bond acceptors (Lipinski definition) is 3. The number of rotatable bonds is 6. The molecule has 0 aromatic heterocycles. The summed E-state index contributed by atoms with van der Waals surface area (Å²) in [5.41, 5.74) is 0. The van der Waals surface area contributed by atoms with Gasteiger partial charge >= 0.3 is 0 Å². The van der Waals surface area contributed by atoms with Crippen molar-refractivity contribution in [1.82, 2.24) is 9.80 Å². The van der Waals surface area contributed by atoms with Gasteiger partial charge in [-0.2, -0.15) is 0 Å². The highest BCUT2D eigenvalue weighted by Gasteiger charge is 2.40. The fourth-order valence-corrected chi connectivity index (χ4v) is 4.80. The van der Waals surface area contributed by atoms with Gasteiger partial charge in [0.15, 0.2) is 0 Å². The van der Waals surface area contributed by atoms with E-state index >= 15 is 0 Å². The number of piperidine rings is 2. The summed E-state index contributed by atoms with van der Waals surface area (Å²) in [4.78, 5) is 17.5.